The molecular formula is C2H6OPtSi. The fraction of sp³-hybridized carbons (Fsp3) is 0. The van der Waals surface area contributed by atoms with Crippen LogP contribution in [0, 0.1) is 0 Å². The minimum absolute atomic E-state index is 0. The van der Waals surface area contributed by atoms with Gasteiger partial charge in [-0.25, -0.2) is 0 Å². The summed E-state index contributed by atoms with van der Waals surface area (Å²) < 4.78 is 0. The van der Waals surface area contributed by atoms with Gasteiger partial charge in [0.05, 0.1) is 0 Å². The summed E-state index contributed by atoms with van der Waals surface area (Å²) in [7, 11) is -0.812. The Morgan fingerprint density at radius 3 is 2.00 bits per heavy atom. The fourth-order valence-electron chi connectivity index (χ4n) is 0. The fourth-order valence-corrected chi connectivity index (χ4v) is 0. The summed E-state index contributed by atoms with van der Waals surface area (Å²) in [6, 6.07) is 0. The van der Waals surface area contributed by atoms with Gasteiger partial charge in [0, 0.05) is 21.1 Å². The largest absolute Gasteiger partial charge is 0.434 e. The molecule has 0 bridgehead atoms. The third-order valence-electron chi connectivity index (χ3n) is 0.129. The van der Waals surface area contributed by atoms with Crippen LogP contribution in [-0.2, 0) is 21.1 Å². The molecular weight excluding hydrogens is 263 g/mol. The zero-order valence-corrected chi connectivity index (χ0v) is 6.44. The van der Waals surface area contributed by atoms with E-state index in [4.69, 9.17) is 4.80 Å². The van der Waals surface area contributed by atoms with Crippen molar-refractivity contribution in [1.29, 1.82) is 0 Å². The van der Waals surface area contributed by atoms with Crippen LogP contribution in [0.15, 0.2) is 12.3 Å². The minimum atomic E-state index is -0.812. The molecule has 0 saturated carbocycles. The van der Waals surface area contributed by atoms with Crippen molar-refractivity contribution in [2.75, 3.05) is 0 Å². The van der Waals surface area contributed by atoms with E-state index in [2.05, 4.69) is 6.58 Å². The second-order valence-electron chi connectivity index (χ2n) is 0.471. The van der Waals surface area contributed by atoms with E-state index in [1.807, 2.05) is 0 Å². The van der Waals surface area contributed by atoms with Crippen molar-refractivity contribution in [1.82, 2.24) is 0 Å². The van der Waals surface area contributed by atoms with E-state index in [1.165, 1.54) is 0 Å². The second-order valence-corrected chi connectivity index (χ2v) is 1.41. The van der Waals surface area contributed by atoms with Gasteiger partial charge < -0.3 is 4.80 Å². The molecule has 3 heteroatoms. The van der Waals surface area contributed by atoms with E-state index in [0.717, 1.165) is 0 Å². The van der Waals surface area contributed by atoms with Crippen LogP contribution in [0.2, 0.25) is 0 Å². The van der Waals surface area contributed by atoms with Crippen LogP contribution < -0.4 is 0 Å². The van der Waals surface area contributed by atoms with Crippen molar-refractivity contribution in [2.24, 2.45) is 0 Å². The Morgan fingerprint density at radius 2 is 2.00 bits per heavy atom. The predicted octanol–water partition coefficient (Wildman–Crippen LogP) is -0.796. The van der Waals surface area contributed by atoms with E-state index in [0.29, 0.717) is 0 Å². The summed E-state index contributed by atoms with van der Waals surface area (Å²) in [5, 5.41) is 0. The van der Waals surface area contributed by atoms with Gasteiger partial charge in [0.2, 0.25) is 0 Å². The molecule has 0 saturated heterocycles. The van der Waals surface area contributed by atoms with Crippen molar-refractivity contribution in [2.45, 2.75) is 0 Å². The number of rotatable bonds is 1. The van der Waals surface area contributed by atoms with Crippen LogP contribution >= 0.6 is 0 Å². The van der Waals surface area contributed by atoms with E-state index in [1.54, 1.807) is 5.70 Å². The van der Waals surface area contributed by atoms with Crippen LogP contribution in [0.4, 0.5) is 0 Å². The van der Waals surface area contributed by atoms with Crippen LogP contribution in [0.5, 0.6) is 0 Å². The quantitative estimate of drug-likeness (QED) is 0.618. The maximum atomic E-state index is 7.90. The van der Waals surface area contributed by atoms with Gasteiger partial charge in [-0.2, -0.15) is 0 Å². The molecule has 0 aliphatic heterocycles. The first-order chi connectivity index (χ1) is 1.91. The molecule has 0 rings (SSSR count). The normalized spacial score (nSPS) is 7.40. The van der Waals surface area contributed by atoms with Crippen LogP contribution in [0.25, 0.3) is 0 Å². The molecule has 0 aromatic rings. The Bertz CT molecular complexity index is 23.6. The van der Waals surface area contributed by atoms with E-state index >= 15 is 0 Å². The topological polar surface area (TPSA) is 20.2 Å². The van der Waals surface area contributed by atoms with Gasteiger partial charge in [-0.05, 0) is 0 Å². The van der Waals surface area contributed by atoms with E-state index < -0.39 is 9.76 Å². The third kappa shape index (κ3) is 12.1. The smallest absolute Gasteiger partial charge is 0.180 e. The standard InChI is InChI=1S/C2H6OSi.Pt/c1-2-4-3;/h2-3H,1,4H2;. The maximum Gasteiger partial charge on any atom is 0.180 e. The van der Waals surface area contributed by atoms with E-state index in [9.17, 15) is 0 Å². The monoisotopic (exact) mass is 269 g/mol. The molecule has 0 unspecified atom stereocenters. The van der Waals surface area contributed by atoms with Crippen LogP contribution in [0.3, 0.4) is 0 Å². The molecule has 0 heterocycles. The van der Waals surface area contributed by atoms with Gasteiger partial charge in [-0.15, -0.1) is 6.58 Å². The average Bonchev–Trinajstić information content (AvgIpc) is 1.37. The molecule has 0 amide bonds. The summed E-state index contributed by atoms with van der Waals surface area (Å²) in [6.07, 6.45) is 0. The van der Waals surface area contributed by atoms with Crippen molar-refractivity contribution >= 4 is 9.76 Å². The maximum absolute atomic E-state index is 7.90. The SMILES string of the molecule is C=C[SiH2]O.[Pt]. The molecule has 0 aromatic carbocycles. The summed E-state index contributed by atoms with van der Waals surface area (Å²) in [4.78, 5) is 7.90. The zero-order chi connectivity index (χ0) is 3.41. The minimum Gasteiger partial charge on any atom is -0.434 e. The molecule has 0 aliphatic carbocycles. The Hall–Kier alpha value is 0.605. The first-order valence-corrected chi connectivity index (χ1v) is 2.58. The third-order valence-corrected chi connectivity index (χ3v) is 0.387. The zero-order valence-electron chi connectivity index (χ0n) is 2.76. The van der Waals surface area contributed by atoms with Crippen molar-refractivity contribution < 1.29 is 25.9 Å². The molecule has 0 spiro atoms. The molecule has 1 N–H and O–H groups in total. The van der Waals surface area contributed by atoms with Gasteiger partial charge in [-0.3, -0.25) is 0 Å². The first-order valence-electron chi connectivity index (χ1n) is 1.13. The Kier molecular flexibility index (Phi) is 16.1. The molecule has 5 heavy (non-hydrogen) atoms. The van der Waals surface area contributed by atoms with Gasteiger partial charge in [0.15, 0.2) is 9.76 Å². The molecule has 0 aromatic heterocycles. The molecule has 0 fully saturated rings. The number of hydrogen-bond donors (Lipinski definition) is 1. The summed E-state index contributed by atoms with van der Waals surface area (Å²) in [5.41, 5.74) is 1.57. The Labute approximate surface area is 48.3 Å². The van der Waals surface area contributed by atoms with Gasteiger partial charge >= 0.3 is 0 Å². The first kappa shape index (κ1) is 9.15. The van der Waals surface area contributed by atoms with Gasteiger partial charge in [0.1, 0.15) is 0 Å². The Morgan fingerprint density at radius 1 is 1.80 bits per heavy atom. The average molecular weight is 269 g/mol. The van der Waals surface area contributed by atoms with Crippen LogP contribution in [-0.4, -0.2) is 14.6 Å². The second kappa shape index (κ2) is 8.82. The van der Waals surface area contributed by atoms with Crippen LogP contribution in [0.1, 0.15) is 0 Å². The molecule has 0 atom stereocenters. The molecule has 0 aliphatic rings. The molecule has 0 radical (unpaired) electrons. The van der Waals surface area contributed by atoms with Gasteiger partial charge in [-0.1, -0.05) is 5.70 Å². The van der Waals surface area contributed by atoms with Crippen molar-refractivity contribution in [3.63, 3.8) is 0 Å². The van der Waals surface area contributed by atoms with E-state index in [-0.39, 0.29) is 21.1 Å². The molecule has 34 valence electrons. The van der Waals surface area contributed by atoms with Gasteiger partial charge in [0.25, 0.3) is 0 Å². The van der Waals surface area contributed by atoms with Crippen molar-refractivity contribution in [3.05, 3.63) is 12.3 Å². The summed E-state index contributed by atoms with van der Waals surface area (Å²) in [6.45, 7) is 3.29. The molecule has 1 nitrogen and oxygen atoms in total. The Balaban J connectivity index is 0. The number of hydrogen-bond acceptors (Lipinski definition) is 1. The van der Waals surface area contributed by atoms with Crippen molar-refractivity contribution in [3.8, 4) is 0 Å². The predicted molar refractivity (Wildman–Crippen MR) is 21.0 cm³/mol. The summed E-state index contributed by atoms with van der Waals surface area (Å²) >= 11 is 0. The summed E-state index contributed by atoms with van der Waals surface area (Å²) in [5.74, 6) is 0.